The van der Waals surface area contributed by atoms with E-state index in [0.717, 1.165) is 47.5 Å². The van der Waals surface area contributed by atoms with E-state index in [0.29, 0.717) is 5.56 Å². The Hall–Kier alpha value is -3.41. The Labute approximate surface area is 177 Å². The number of aromatic nitrogens is 2. The fourth-order valence-electron chi connectivity index (χ4n) is 3.71. The zero-order valence-corrected chi connectivity index (χ0v) is 17.5. The Morgan fingerprint density at radius 3 is 2.33 bits per heavy atom. The number of nitrogens with one attached hydrogen (secondary N) is 2. The van der Waals surface area contributed by atoms with Crippen molar-refractivity contribution in [1.82, 2.24) is 9.97 Å². The van der Waals surface area contributed by atoms with Crippen LogP contribution in [0.3, 0.4) is 0 Å². The monoisotopic (exact) mass is 401 g/mol. The lowest BCUT2D eigenvalue weighted by atomic mass is 10.1. The molecule has 154 valence electrons. The summed E-state index contributed by atoms with van der Waals surface area (Å²) in [5.41, 5.74) is 3.30. The molecule has 2 aromatic carbocycles. The topological polar surface area (TPSA) is 70.2 Å². The minimum absolute atomic E-state index is 0.105. The van der Waals surface area contributed by atoms with E-state index in [-0.39, 0.29) is 5.91 Å². The van der Waals surface area contributed by atoms with Gasteiger partial charge in [-0.15, -0.1) is 0 Å². The summed E-state index contributed by atoms with van der Waals surface area (Å²) in [6.07, 6.45) is 3.71. The van der Waals surface area contributed by atoms with Gasteiger partial charge in [0, 0.05) is 36.1 Å². The van der Waals surface area contributed by atoms with Crippen LogP contribution in [0.1, 0.15) is 41.0 Å². The summed E-state index contributed by atoms with van der Waals surface area (Å²) in [4.78, 5) is 23.9. The highest BCUT2D eigenvalue weighted by Gasteiger charge is 2.14. The second kappa shape index (κ2) is 8.95. The lowest BCUT2D eigenvalue weighted by Crippen LogP contribution is -2.30. The number of anilines is 4. The molecule has 30 heavy (non-hydrogen) atoms. The normalized spacial score (nSPS) is 13.7. The summed E-state index contributed by atoms with van der Waals surface area (Å²) in [6.45, 7) is 5.95. The molecule has 0 spiro atoms. The van der Waals surface area contributed by atoms with E-state index < -0.39 is 0 Å². The third kappa shape index (κ3) is 4.76. The van der Waals surface area contributed by atoms with Crippen LogP contribution >= 0.6 is 0 Å². The Balaban J connectivity index is 1.44. The van der Waals surface area contributed by atoms with Crippen LogP contribution in [0.15, 0.2) is 54.6 Å². The highest BCUT2D eigenvalue weighted by molar-refractivity contribution is 6.05. The van der Waals surface area contributed by atoms with Gasteiger partial charge in [-0.25, -0.2) is 9.97 Å². The van der Waals surface area contributed by atoms with E-state index in [2.05, 4.69) is 25.5 Å². The third-order valence-corrected chi connectivity index (χ3v) is 5.31. The minimum atomic E-state index is -0.105. The highest BCUT2D eigenvalue weighted by atomic mass is 16.1. The van der Waals surface area contributed by atoms with E-state index in [4.69, 9.17) is 0 Å². The summed E-state index contributed by atoms with van der Waals surface area (Å²) in [5, 5.41) is 6.31. The molecule has 0 saturated carbocycles. The number of amides is 1. The zero-order chi connectivity index (χ0) is 20.9. The summed E-state index contributed by atoms with van der Waals surface area (Å²) in [6, 6.07) is 17.2. The van der Waals surface area contributed by atoms with Gasteiger partial charge < -0.3 is 15.5 Å². The van der Waals surface area contributed by atoms with Crippen molar-refractivity contribution in [3.05, 3.63) is 71.5 Å². The summed E-state index contributed by atoms with van der Waals surface area (Å²) in [5.74, 6) is 2.40. The highest BCUT2D eigenvalue weighted by Crippen LogP contribution is 2.23. The quantitative estimate of drug-likeness (QED) is 0.624. The lowest BCUT2D eigenvalue weighted by Gasteiger charge is -2.28. The number of hydrogen-bond acceptors (Lipinski definition) is 5. The molecule has 4 rings (SSSR count). The fourth-order valence-corrected chi connectivity index (χ4v) is 3.71. The van der Waals surface area contributed by atoms with Crippen LogP contribution in [0.2, 0.25) is 0 Å². The fraction of sp³-hybridized carbons (Fsp3) is 0.292. The molecule has 1 saturated heterocycles. The number of aryl methyl sites for hydroxylation is 2. The van der Waals surface area contributed by atoms with Crippen LogP contribution in [0.25, 0.3) is 0 Å². The van der Waals surface area contributed by atoms with Crippen molar-refractivity contribution in [2.24, 2.45) is 0 Å². The van der Waals surface area contributed by atoms with Gasteiger partial charge in [-0.2, -0.15) is 0 Å². The third-order valence-electron chi connectivity index (χ3n) is 5.31. The Morgan fingerprint density at radius 1 is 0.900 bits per heavy atom. The molecule has 2 heterocycles. The van der Waals surface area contributed by atoms with Crippen LogP contribution in [0, 0.1) is 13.8 Å². The Bertz CT molecular complexity index is 1030. The number of carbonyl (C=O) groups is 1. The van der Waals surface area contributed by atoms with Crippen molar-refractivity contribution in [1.29, 1.82) is 0 Å². The second-order valence-electron chi connectivity index (χ2n) is 7.68. The van der Waals surface area contributed by atoms with Gasteiger partial charge in [-0.05, 0) is 69.0 Å². The molecule has 0 aliphatic carbocycles. The van der Waals surface area contributed by atoms with E-state index in [9.17, 15) is 4.79 Å². The molecule has 0 radical (unpaired) electrons. The van der Waals surface area contributed by atoms with Crippen molar-refractivity contribution in [2.45, 2.75) is 33.1 Å². The first-order chi connectivity index (χ1) is 14.6. The minimum Gasteiger partial charge on any atom is -0.356 e. The molecule has 1 aromatic heterocycles. The summed E-state index contributed by atoms with van der Waals surface area (Å²) in [7, 11) is 0. The van der Waals surface area contributed by atoms with E-state index in [1.807, 2.05) is 68.4 Å². The first kappa shape index (κ1) is 19.9. The van der Waals surface area contributed by atoms with Crippen LogP contribution < -0.4 is 15.5 Å². The largest absolute Gasteiger partial charge is 0.356 e. The maximum absolute atomic E-state index is 12.5. The molecular formula is C24H27N5O. The first-order valence-corrected chi connectivity index (χ1v) is 10.4. The van der Waals surface area contributed by atoms with E-state index in [1.165, 1.54) is 19.3 Å². The molecule has 6 heteroatoms. The predicted molar refractivity (Wildman–Crippen MR) is 122 cm³/mol. The molecular weight excluding hydrogens is 374 g/mol. The van der Waals surface area contributed by atoms with E-state index in [1.54, 1.807) is 0 Å². The van der Waals surface area contributed by atoms with Crippen LogP contribution in [-0.4, -0.2) is 29.0 Å². The van der Waals surface area contributed by atoms with Gasteiger partial charge in [0.2, 0.25) is 0 Å². The van der Waals surface area contributed by atoms with Gasteiger partial charge in [-0.1, -0.05) is 18.2 Å². The number of hydrogen-bond donors (Lipinski definition) is 2. The van der Waals surface area contributed by atoms with Gasteiger partial charge in [0.15, 0.2) is 0 Å². The standard InChI is InChI=1S/C24H27N5O/c1-17-8-4-5-9-21(17)24(30)28-20-12-10-19(11-13-20)27-22-16-23(26-18(2)25-22)29-14-6-3-7-15-29/h4-5,8-13,16H,3,6-7,14-15H2,1-2H3,(H,28,30)(H,25,26,27). The number of rotatable bonds is 5. The number of nitrogens with zero attached hydrogens (tertiary/aromatic N) is 3. The lowest BCUT2D eigenvalue weighted by molar-refractivity contribution is 0.102. The second-order valence-corrected chi connectivity index (χ2v) is 7.68. The maximum atomic E-state index is 12.5. The molecule has 1 aliphatic rings. The van der Waals surface area contributed by atoms with Gasteiger partial charge in [0.25, 0.3) is 5.91 Å². The van der Waals surface area contributed by atoms with Gasteiger partial charge in [-0.3, -0.25) is 4.79 Å². The summed E-state index contributed by atoms with van der Waals surface area (Å²) >= 11 is 0. The molecule has 1 fully saturated rings. The van der Waals surface area contributed by atoms with Crippen molar-refractivity contribution < 1.29 is 4.79 Å². The van der Waals surface area contributed by atoms with Gasteiger partial charge in [0.05, 0.1) is 0 Å². The van der Waals surface area contributed by atoms with Crippen molar-refractivity contribution in [2.75, 3.05) is 28.6 Å². The Kier molecular flexibility index (Phi) is 5.93. The van der Waals surface area contributed by atoms with Gasteiger partial charge in [0.1, 0.15) is 17.5 Å². The van der Waals surface area contributed by atoms with Crippen LogP contribution in [0.5, 0.6) is 0 Å². The molecule has 3 aromatic rings. The molecule has 0 atom stereocenters. The van der Waals surface area contributed by atoms with Gasteiger partial charge >= 0.3 is 0 Å². The van der Waals surface area contributed by atoms with Crippen LogP contribution in [0.4, 0.5) is 23.0 Å². The van der Waals surface area contributed by atoms with Crippen LogP contribution in [-0.2, 0) is 0 Å². The smallest absolute Gasteiger partial charge is 0.255 e. The molecule has 1 aliphatic heterocycles. The maximum Gasteiger partial charge on any atom is 0.255 e. The number of benzene rings is 2. The number of carbonyl (C=O) groups excluding carboxylic acids is 1. The van der Waals surface area contributed by atoms with Crippen molar-refractivity contribution in [3.63, 3.8) is 0 Å². The van der Waals surface area contributed by atoms with E-state index >= 15 is 0 Å². The molecule has 1 amide bonds. The van der Waals surface area contributed by atoms with Crippen molar-refractivity contribution >= 4 is 28.9 Å². The first-order valence-electron chi connectivity index (χ1n) is 10.4. The molecule has 2 N–H and O–H groups in total. The number of piperidine rings is 1. The average molecular weight is 402 g/mol. The average Bonchev–Trinajstić information content (AvgIpc) is 2.75. The predicted octanol–water partition coefficient (Wildman–Crippen LogP) is 5.08. The Morgan fingerprint density at radius 2 is 1.60 bits per heavy atom. The SMILES string of the molecule is Cc1nc(Nc2ccc(NC(=O)c3ccccc3C)cc2)cc(N2CCCCC2)n1. The molecule has 6 nitrogen and oxygen atoms in total. The molecule has 0 unspecified atom stereocenters. The zero-order valence-electron chi connectivity index (χ0n) is 17.5. The van der Waals surface area contributed by atoms with Crippen molar-refractivity contribution in [3.8, 4) is 0 Å². The molecule has 0 bridgehead atoms. The summed E-state index contributed by atoms with van der Waals surface area (Å²) < 4.78 is 0.